The molecule has 0 bridgehead atoms. The van der Waals surface area contributed by atoms with E-state index in [1.165, 1.54) is 0 Å². The fraction of sp³-hybridized carbons (Fsp3) is 0.167. The van der Waals surface area contributed by atoms with E-state index in [-0.39, 0.29) is 18.2 Å². The molecule has 0 aliphatic carbocycles. The molecule has 0 fully saturated rings. The maximum absolute atomic E-state index is 13.5. The van der Waals surface area contributed by atoms with Crippen LogP contribution < -0.4 is 5.32 Å². The van der Waals surface area contributed by atoms with Crippen molar-refractivity contribution in [2.75, 3.05) is 6.61 Å². The zero-order valence-corrected chi connectivity index (χ0v) is 22.7. The molecule has 0 aliphatic rings. The van der Waals surface area contributed by atoms with E-state index in [2.05, 4.69) is 26.2 Å². The van der Waals surface area contributed by atoms with Crippen molar-refractivity contribution >= 4 is 38.7 Å². The number of halogens is 1. The highest BCUT2D eigenvalue weighted by atomic mass is 79.9. The molecule has 0 saturated carbocycles. The number of hydrogen-bond donors (Lipinski definition) is 2. The van der Waals surface area contributed by atoms with Crippen molar-refractivity contribution in [3.05, 3.63) is 112 Å². The van der Waals surface area contributed by atoms with Crippen LogP contribution in [0.25, 0.3) is 22.2 Å². The Hall–Kier alpha value is -4.17. The number of hydrogen-bond acceptors (Lipinski definition) is 4. The van der Waals surface area contributed by atoms with Crippen LogP contribution in [-0.4, -0.2) is 33.0 Å². The SMILES string of the molecule is CCOC(=O)c1nc([C@H](Cc2ccccc2)NC(=O)c2cc3ccccc3[nH]2)n(C)c1-c1ccc(Br)cc1. The van der Waals surface area contributed by atoms with Gasteiger partial charge in [0.05, 0.1) is 18.3 Å². The zero-order valence-electron chi connectivity index (χ0n) is 21.1. The fourth-order valence-corrected chi connectivity index (χ4v) is 4.86. The molecule has 8 heteroatoms. The number of carbonyl (C=O) groups excluding carboxylic acids is 2. The van der Waals surface area contributed by atoms with Gasteiger partial charge in [-0.15, -0.1) is 0 Å². The molecule has 7 nitrogen and oxygen atoms in total. The van der Waals surface area contributed by atoms with Crippen molar-refractivity contribution in [2.45, 2.75) is 19.4 Å². The number of imidazole rings is 1. The number of benzene rings is 3. The van der Waals surface area contributed by atoms with Crippen molar-refractivity contribution in [3.8, 4) is 11.3 Å². The summed E-state index contributed by atoms with van der Waals surface area (Å²) >= 11 is 3.47. The van der Waals surface area contributed by atoms with Crippen molar-refractivity contribution in [2.24, 2.45) is 7.05 Å². The molecule has 2 heterocycles. The average Bonchev–Trinajstić information content (AvgIpc) is 3.51. The Morgan fingerprint density at radius 1 is 1.03 bits per heavy atom. The summed E-state index contributed by atoms with van der Waals surface area (Å²) in [4.78, 5) is 34.4. The summed E-state index contributed by atoms with van der Waals surface area (Å²) < 4.78 is 8.14. The molecule has 5 rings (SSSR count). The summed E-state index contributed by atoms with van der Waals surface area (Å²) in [7, 11) is 1.86. The summed E-state index contributed by atoms with van der Waals surface area (Å²) in [5, 5.41) is 4.11. The highest BCUT2D eigenvalue weighted by Gasteiger charge is 2.29. The van der Waals surface area contributed by atoms with Crippen LogP contribution >= 0.6 is 15.9 Å². The van der Waals surface area contributed by atoms with E-state index in [0.717, 1.165) is 26.5 Å². The Bertz CT molecular complexity index is 1560. The van der Waals surface area contributed by atoms with Crippen molar-refractivity contribution in [1.82, 2.24) is 19.9 Å². The zero-order chi connectivity index (χ0) is 26.6. The van der Waals surface area contributed by atoms with Crippen LogP contribution in [0.5, 0.6) is 0 Å². The Morgan fingerprint density at radius 3 is 2.45 bits per heavy atom. The summed E-state index contributed by atoms with van der Waals surface area (Å²) in [6.07, 6.45) is 0.486. The lowest BCUT2D eigenvalue weighted by Crippen LogP contribution is -2.32. The number of amides is 1. The second-order valence-electron chi connectivity index (χ2n) is 8.94. The second-order valence-corrected chi connectivity index (χ2v) is 9.86. The second kappa shape index (κ2) is 11.1. The number of ether oxygens (including phenoxy) is 1. The minimum absolute atomic E-state index is 0.213. The first-order valence-electron chi connectivity index (χ1n) is 12.4. The van der Waals surface area contributed by atoms with Gasteiger partial charge in [0.15, 0.2) is 5.69 Å². The largest absolute Gasteiger partial charge is 0.461 e. The van der Waals surface area contributed by atoms with Gasteiger partial charge < -0.3 is 19.6 Å². The number of nitrogens with zero attached hydrogens (tertiary/aromatic N) is 2. The number of aromatic nitrogens is 3. The van der Waals surface area contributed by atoms with Gasteiger partial charge in [0.2, 0.25) is 0 Å². The first kappa shape index (κ1) is 25.5. The van der Waals surface area contributed by atoms with Gasteiger partial charge in [-0.3, -0.25) is 4.79 Å². The summed E-state index contributed by atoms with van der Waals surface area (Å²) in [6, 6.07) is 26.6. The molecular formula is C30H27BrN4O3. The van der Waals surface area contributed by atoms with Gasteiger partial charge in [0.1, 0.15) is 11.5 Å². The van der Waals surface area contributed by atoms with Crippen LogP contribution in [0.4, 0.5) is 0 Å². The molecule has 38 heavy (non-hydrogen) atoms. The summed E-state index contributed by atoms with van der Waals surface area (Å²) in [6.45, 7) is 1.99. The molecule has 5 aromatic rings. The lowest BCUT2D eigenvalue weighted by Gasteiger charge is -2.19. The Morgan fingerprint density at radius 2 is 1.74 bits per heavy atom. The number of rotatable bonds is 8. The first-order chi connectivity index (χ1) is 18.4. The third-order valence-electron chi connectivity index (χ3n) is 6.39. The molecule has 0 spiro atoms. The van der Waals surface area contributed by atoms with Crippen LogP contribution in [0.3, 0.4) is 0 Å². The van der Waals surface area contributed by atoms with Crippen molar-refractivity contribution in [1.29, 1.82) is 0 Å². The van der Waals surface area contributed by atoms with Crippen LogP contribution in [0.15, 0.2) is 89.4 Å². The number of para-hydroxylation sites is 1. The van der Waals surface area contributed by atoms with Gasteiger partial charge in [-0.2, -0.15) is 0 Å². The van der Waals surface area contributed by atoms with Gasteiger partial charge in [-0.1, -0.05) is 76.6 Å². The molecule has 0 aliphatic heterocycles. The van der Waals surface area contributed by atoms with Gasteiger partial charge >= 0.3 is 5.97 Å². The molecule has 0 saturated heterocycles. The van der Waals surface area contributed by atoms with E-state index in [4.69, 9.17) is 9.72 Å². The molecule has 1 amide bonds. The quantitative estimate of drug-likeness (QED) is 0.217. The predicted octanol–water partition coefficient (Wildman–Crippen LogP) is 6.22. The van der Waals surface area contributed by atoms with Gasteiger partial charge in [0, 0.05) is 28.0 Å². The smallest absolute Gasteiger partial charge is 0.359 e. The molecule has 0 unspecified atom stereocenters. The highest BCUT2D eigenvalue weighted by Crippen LogP contribution is 2.30. The first-order valence-corrected chi connectivity index (χ1v) is 13.2. The number of H-pyrrole nitrogens is 1. The molecule has 0 radical (unpaired) electrons. The number of aromatic amines is 1. The van der Waals surface area contributed by atoms with Crippen LogP contribution in [0, 0.1) is 0 Å². The topological polar surface area (TPSA) is 89.0 Å². The maximum atomic E-state index is 13.5. The molecular weight excluding hydrogens is 544 g/mol. The third-order valence-corrected chi connectivity index (χ3v) is 6.92. The average molecular weight is 571 g/mol. The fourth-order valence-electron chi connectivity index (χ4n) is 4.60. The lowest BCUT2D eigenvalue weighted by molar-refractivity contribution is 0.0520. The minimum atomic E-state index is -0.515. The normalized spacial score (nSPS) is 11.9. The van der Waals surface area contributed by atoms with Gasteiger partial charge in [0.25, 0.3) is 5.91 Å². The number of esters is 1. The van der Waals surface area contributed by atoms with Crippen LogP contribution in [0.2, 0.25) is 0 Å². The molecule has 1 atom stereocenters. The number of nitrogens with one attached hydrogen (secondary N) is 2. The molecule has 192 valence electrons. The standard InChI is InChI=1S/C30H27BrN4O3/c1-3-38-30(37)26-27(20-13-15-22(31)16-14-20)35(2)28(34-26)24(17-19-9-5-4-6-10-19)33-29(36)25-18-21-11-7-8-12-23(21)32-25/h4-16,18,24,32H,3,17H2,1-2H3,(H,33,36)/t24-/m0/s1. The van der Waals surface area contributed by atoms with Gasteiger partial charge in [-0.25, -0.2) is 9.78 Å². The van der Waals surface area contributed by atoms with E-state index in [1.807, 2.05) is 96.5 Å². The predicted molar refractivity (Wildman–Crippen MR) is 151 cm³/mol. The van der Waals surface area contributed by atoms with E-state index < -0.39 is 12.0 Å². The van der Waals surface area contributed by atoms with E-state index in [9.17, 15) is 9.59 Å². The third kappa shape index (κ3) is 5.26. The highest BCUT2D eigenvalue weighted by molar-refractivity contribution is 9.10. The van der Waals surface area contributed by atoms with Crippen LogP contribution in [0.1, 0.15) is 45.3 Å². The molecule has 2 aromatic heterocycles. The Labute approximate surface area is 229 Å². The monoisotopic (exact) mass is 570 g/mol. The van der Waals surface area contributed by atoms with E-state index in [0.29, 0.717) is 23.6 Å². The van der Waals surface area contributed by atoms with E-state index in [1.54, 1.807) is 6.92 Å². The molecule has 2 N–H and O–H groups in total. The molecule has 3 aromatic carbocycles. The van der Waals surface area contributed by atoms with Gasteiger partial charge in [-0.05, 0) is 43.2 Å². The Kier molecular flexibility index (Phi) is 7.42. The van der Waals surface area contributed by atoms with E-state index >= 15 is 0 Å². The number of carbonyl (C=O) groups is 2. The Balaban J connectivity index is 1.58. The lowest BCUT2D eigenvalue weighted by atomic mass is 10.0. The van der Waals surface area contributed by atoms with Crippen molar-refractivity contribution in [3.63, 3.8) is 0 Å². The minimum Gasteiger partial charge on any atom is -0.461 e. The maximum Gasteiger partial charge on any atom is 0.359 e. The number of fused-ring (bicyclic) bond motifs is 1. The van der Waals surface area contributed by atoms with Crippen LogP contribution in [-0.2, 0) is 18.2 Å². The summed E-state index contributed by atoms with van der Waals surface area (Å²) in [5.41, 5.74) is 4.03. The van der Waals surface area contributed by atoms with Crippen molar-refractivity contribution < 1.29 is 14.3 Å². The summed E-state index contributed by atoms with van der Waals surface area (Å²) in [5.74, 6) is -0.208.